The summed E-state index contributed by atoms with van der Waals surface area (Å²) in [6.45, 7) is 14.4. The van der Waals surface area contributed by atoms with Crippen molar-refractivity contribution in [2.75, 3.05) is 11.9 Å². The molecule has 0 spiro atoms. The molecule has 0 saturated heterocycles. The van der Waals surface area contributed by atoms with E-state index >= 15 is 0 Å². The van der Waals surface area contributed by atoms with Crippen molar-refractivity contribution in [2.45, 2.75) is 57.8 Å². The van der Waals surface area contributed by atoms with E-state index in [1.165, 1.54) is 44.8 Å². The first-order valence-electron chi connectivity index (χ1n) is 10.7. The molecular formula is C28H31N. The molecule has 0 N–H and O–H groups in total. The van der Waals surface area contributed by atoms with Gasteiger partial charge in [-0.05, 0) is 39.4 Å². The van der Waals surface area contributed by atoms with E-state index in [2.05, 4.69) is 114 Å². The summed E-state index contributed by atoms with van der Waals surface area (Å²) in [6, 6.07) is 22.7. The highest BCUT2D eigenvalue weighted by atomic mass is 15.1. The molecule has 2 aliphatic rings. The van der Waals surface area contributed by atoms with E-state index in [1.807, 2.05) is 0 Å². The Morgan fingerprint density at radius 3 is 1.90 bits per heavy atom. The lowest BCUT2D eigenvalue weighted by Crippen LogP contribution is -2.39. The predicted octanol–water partition coefficient (Wildman–Crippen LogP) is 7.33. The lowest BCUT2D eigenvalue weighted by atomic mass is 9.60. The van der Waals surface area contributed by atoms with Crippen LogP contribution in [0.5, 0.6) is 0 Å². The van der Waals surface area contributed by atoms with Gasteiger partial charge in [-0.2, -0.15) is 0 Å². The molecule has 1 heteroatoms. The first kappa shape index (κ1) is 18.5. The first-order valence-corrected chi connectivity index (χ1v) is 10.7. The third kappa shape index (κ3) is 2.11. The molecule has 1 nitrogen and oxygen atoms in total. The Morgan fingerprint density at radius 1 is 0.586 bits per heavy atom. The highest BCUT2D eigenvalue weighted by Gasteiger charge is 2.48. The Labute approximate surface area is 175 Å². The average molecular weight is 382 g/mol. The molecule has 29 heavy (non-hydrogen) atoms. The smallest absolute Gasteiger partial charge is 0.0494 e. The number of hydrogen-bond donors (Lipinski definition) is 0. The topological polar surface area (TPSA) is 3.24 Å². The van der Waals surface area contributed by atoms with E-state index in [0.717, 1.165) is 0 Å². The molecule has 0 fully saturated rings. The second-order valence-electron chi connectivity index (χ2n) is 10.4. The van der Waals surface area contributed by atoms with Gasteiger partial charge in [0.1, 0.15) is 0 Å². The fourth-order valence-corrected chi connectivity index (χ4v) is 5.79. The van der Waals surface area contributed by atoms with Crippen LogP contribution in [0.25, 0.3) is 11.1 Å². The van der Waals surface area contributed by atoms with Crippen molar-refractivity contribution in [3.05, 3.63) is 82.9 Å². The van der Waals surface area contributed by atoms with Crippen LogP contribution in [0.2, 0.25) is 0 Å². The second-order valence-corrected chi connectivity index (χ2v) is 10.4. The van der Waals surface area contributed by atoms with Gasteiger partial charge < -0.3 is 4.90 Å². The van der Waals surface area contributed by atoms with Crippen LogP contribution in [-0.4, -0.2) is 7.05 Å². The average Bonchev–Trinajstić information content (AvgIpc) is 2.92. The van der Waals surface area contributed by atoms with Crippen LogP contribution in [0.4, 0.5) is 11.4 Å². The van der Waals surface area contributed by atoms with Gasteiger partial charge in [0.05, 0.1) is 0 Å². The van der Waals surface area contributed by atoms with E-state index in [-0.39, 0.29) is 16.2 Å². The molecule has 3 aromatic rings. The first-order chi connectivity index (χ1) is 13.6. The fraction of sp³-hybridized carbons (Fsp3) is 0.357. The van der Waals surface area contributed by atoms with E-state index in [0.29, 0.717) is 0 Å². The van der Waals surface area contributed by atoms with E-state index in [9.17, 15) is 0 Å². The standard InChI is InChI=1S/C28H31N/c1-26(2)20-13-9-8-12-18(20)19-16-17-22-25(24(19)26)29(7)23-15-11-10-14-21(23)27(3,4)28(22,5)6/h8-17H,1-7H3. The zero-order valence-electron chi connectivity index (χ0n) is 18.7. The number of anilines is 2. The number of fused-ring (bicyclic) bond motifs is 6. The van der Waals surface area contributed by atoms with Crippen LogP contribution in [-0.2, 0) is 16.2 Å². The maximum atomic E-state index is 2.47. The Morgan fingerprint density at radius 2 is 1.17 bits per heavy atom. The van der Waals surface area contributed by atoms with Gasteiger partial charge >= 0.3 is 0 Å². The van der Waals surface area contributed by atoms with Gasteiger partial charge in [-0.25, -0.2) is 0 Å². The van der Waals surface area contributed by atoms with Gasteiger partial charge in [0.15, 0.2) is 0 Å². The zero-order chi connectivity index (χ0) is 20.8. The minimum atomic E-state index is -0.0228. The van der Waals surface area contributed by atoms with Crippen molar-refractivity contribution in [3.63, 3.8) is 0 Å². The lowest BCUT2D eigenvalue weighted by molar-refractivity contribution is 0.307. The molecule has 0 radical (unpaired) electrons. The number of hydrogen-bond acceptors (Lipinski definition) is 1. The van der Waals surface area contributed by atoms with Crippen LogP contribution in [0.3, 0.4) is 0 Å². The molecule has 3 aromatic carbocycles. The second kappa shape index (κ2) is 5.53. The van der Waals surface area contributed by atoms with Gasteiger partial charge in [-0.15, -0.1) is 0 Å². The molecule has 148 valence electrons. The van der Waals surface area contributed by atoms with Crippen molar-refractivity contribution < 1.29 is 0 Å². The predicted molar refractivity (Wildman–Crippen MR) is 125 cm³/mol. The summed E-state index contributed by atoms with van der Waals surface area (Å²) in [4.78, 5) is 2.47. The highest BCUT2D eigenvalue weighted by Crippen LogP contribution is 2.59. The van der Waals surface area contributed by atoms with Gasteiger partial charge in [-0.3, -0.25) is 0 Å². The Hall–Kier alpha value is -2.54. The largest absolute Gasteiger partial charge is 0.344 e. The summed E-state index contributed by atoms with van der Waals surface area (Å²) >= 11 is 0. The molecular weight excluding hydrogens is 350 g/mol. The van der Waals surface area contributed by atoms with Gasteiger partial charge in [-0.1, -0.05) is 96.1 Å². The van der Waals surface area contributed by atoms with Crippen molar-refractivity contribution in [1.29, 1.82) is 0 Å². The molecule has 0 saturated carbocycles. The summed E-state index contributed by atoms with van der Waals surface area (Å²) in [5.41, 5.74) is 11.2. The summed E-state index contributed by atoms with van der Waals surface area (Å²) < 4.78 is 0. The van der Waals surface area contributed by atoms with Crippen LogP contribution < -0.4 is 4.90 Å². The molecule has 1 heterocycles. The maximum Gasteiger partial charge on any atom is 0.0494 e. The van der Waals surface area contributed by atoms with Crippen LogP contribution in [0.15, 0.2) is 60.7 Å². The van der Waals surface area contributed by atoms with Crippen molar-refractivity contribution in [1.82, 2.24) is 0 Å². The third-order valence-electron chi connectivity index (χ3n) is 8.20. The number of para-hydroxylation sites is 1. The molecule has 0 aromatic heterocycles. The monoisotopic (exact) mass is 381 g/mol. The Bertz CT molecular complexity index is 1150. The minimum absolute atomic E-state index is 0.00688. The van der Waals surface area contributed by atoms with Crippen LogP contribution in [0.1, 0.15) is 63.8 Å². The van der Waals surface area contributed by atoms with Crippen molar-refractivity contribution in [3.8, 4) is 11.1 Å². The quantitative estimate of drug-likeness (QED) is 0.394. The van der Waals surface area contributed by atoms with Crippen molar-refractivity contribution in [2.24, 2.45) is 0 Å². The molecule has 0 unspecified atom stereocenters. The summed E-state index contributed by atoms with van der Waals surface area (Å²) in [7, 11) is 2.26. The molecule has 1 aliphatic carbocycles. The highest BCUT2D eigenvalue weighted by molar-refractivity contribution is 5.90. The van der Waals surface area contributed by atoms with Crippen LogP contribution >= 0.6 is 0 Å². The third-order valence-corrected chi connectivity index (χ3v) is 8.20. The number of benzene rings is 3. The summed E-state index contributed by atoms with van der Waals surface area (Å²) in [5.74, 6) is 0. The molecule has 1 aliphatic heterocycles. The summed E-state index contributed by atoms with van der Waals surface area (Å²) in [6.07, 6.45) is 0. The minimum Gasteiger partial charge on any atom is -0.344 e. The SMILES string of the molecule is CN1c2ccccc2C(C)(C)C(C)(C)c2ccc3c(c21)C(C)(C)c1ccccc1-3. The molecule has 5 rings (SSSR count). The lowest BCUT2D eigenvalue weighted by Gasteiger charge is -2.42. The molecule has 0 bridgehead atoms. The number of rotatable bonds is 0. The number of nitrogens with zero attached hydrogens (tertiary/aromatic N) is 1. The van der Waals surface area contributed by atoms with E-state index < -0.39 is 0 Å². The van der Waals surface area contributed by atoms with E-state index in [4.69, 9.17) is 0 Å². The van der Waals surface area contributed by atoms with Gasteiger partial charge in [0.25, 0.3) is 0 Å². The maximum absolute atomic E-state index is 2.47. The summed E-state index contributed by atoms with van der Waals surface area (Å²) in [5, 5.41) is 0. The Balaban J connectivity index is 1.93. The molecule has 0 atom stereocenters. The molecule has 0 amide bonds. The van der Waals surface area contributed by atoms with Crippen LogP contribution in [0, 0.1) is 0 Å². The fourth-order valence-electron chi connectivity index (χ4n) is 5.79. The van der Waals surface area contributed by atoms with Crippen molar-refractivity contribution >= 4 is 11.4 Å². The van der Waals surface area contributed by atoms with E-state index in [1.54, 1.807) is 0 Å². The Kier molecular flexibility index (Phi) is 3.53. The normalized spacial score (nSPS) is 19.6. The zero-order valence-corrected chi connectivity index (χ0v) is 18.7. The van der Waals surface area contributed by atoms with Gasteiger partial charge in [0, 0.05) is 34.7 Å². The van der Waals surface area contributed by atoms with Gasteiger partial charge in [0.2, 0.25) is 0 Å².